The van der Waals surface area contributed by atoms with Gasteiger partial charge in [-0.2, -0.15) is 0 Å². The maximum Gasteiger partial charge on any atom is 0.160 e. The SMILES string of the molecule is CCCc1nc(-c2ccc(C)cc2)nc(-c2ccc(C)cc2)c1C. The van der Waals surface area contributed by atoms with E-state index in [4.69, 9.17) is 9.97 Å². The van der Waals surface area contributed by atoms with E-state index in [1.165, 1.54) is 16.7 Å². The number of aryl methyl sites for hydroxylation is 3. The highest BCUT2D eigenvalue weighted by atomic mass is 14.9. The Morgan fingerprint density at radius 2 is 1.25 bits per heavy atom. The highest BCUT2D eigenvalue weighted by molar-refractivity contribution is 5.68. The zero-order chi connectivity index (χ0) is 17.1. The number of hydrogen-bond acceptors (Lipinski definition) is 2. The highest BCUT2D eigenvalue weighted by Crippen LogP contribution is 2.27. The minimum atomic E-state index is 0.819. The Morgan fingerprint density at radius 3 is 1.79 bits per heavy atom. The summed E-state index contributed by atoms with van der Waals surface area (Å²) >= 11 is 0. The minimum Gasteiger partial charge on any atom is -0.233 e. The number of benzene rings is 2. The van der Waals surface area contributed by atoms with Crippen LogP contribution >= 0.6 is 0 Å². The zero-order valence-corrected chi connectivity index (χ0v) is 14.9. The first-order chi connectivity index (χ1) is 11.6. The van der Waals surface area contributed by atoms with Gasteiger partial charge in [0.05, 0.1) is 5.69 Å². The molecule has 122 valence electrons. The first kappa shape index (κ1) is 16.4. The van der Waals surface area contributed by atoms with Crippen LogP contribution in [0.1, 0.15) is 35.7 Å². The van der Waals surface area contributed by atoms with E-state index in [2.05, 4.69) is 76.2 Å². The van der Waals surface area contributed by atoms with Gasteiger partial charge in [0.1, 0.15) is 0 Å². The van der Waals surface area contributed by atoms with Crippen LogP contribution in [0.25, 0.3) is 22.6 Å². The van der Waals surface area contributed by atoms with E-state index in [1.54, 1.807) is 0 Å². The summed E-state index contributed by atoms with van der Waals surface area (Å²) in [6.07, 6.45) is 2.06. The second-order valence-electron chi connectivity index (χ2n) is 6.45. The van der Waals surface area contributed by atoms with Crippen molar-refractivity contribution >= 4 is 0 Å². The van der Waals surface area contributed by atoms with Gasteiger partial charge in [0, 0.05) is 16.8 Å². The fourth-order valence-electron chi connectivity index (χ4n) is 2.87. The summed E-state index contributed by atoms with van der Waals surface area (Å²) in [6.45, 7) is 8.54. The molecule has 0 amide bonds. The van der Waals surface area contributed by atoms with Crippen LogP contribution in [-0.4, -0.2) is 9.97 Å². The van der Waals surface area contributed by atoms with E-state index >= 15 is 0 Å². The van der Waals surface area contributed by atoms with E-state index in [-0.39, 0.29) is 0 Å². The van der Waals surface area contributed by atoms with Gasteiger partial charge in [-0.3, -0.25) is 0 Å². The molecule has 0 atom stereocenters. The predicted octanol–water partition coefficient (Wildman–Crippen LogP) is 5.69. The minimum absolute atomic E-state index is 0.819. The first-order valence-electron chi connectivity index (χ1n) is 8.60. The molecular formula is C22H24N2. The summed E-state index contributed by atoms with van der Waals surface area (Å²) in [6, 6.07) is 17.0. The van der Waals surface area contributed by atoms with Crippen molar-refractivity contribution in [1.82, 2.24) is 9.97 Å². The molecule has 0 radical (unpaired) electrons. The van der Waals surface area contributed by atoms with E-state index in [1.807, 2.05) is 0 Å². The van der Waals surface area contributed by atoms with Crippen molar-refractivity contribution in [3.63, 3.8) is 0 Å². The van der Waals surface area contributed by atoms with E-state index in [0.717, 1.165) is 41.2 Å². The summed E-state index contributed by atoms with van der Waals surface area (Å²) in [7, 11) is 0. The summed E-state index contributed by atoms with van der Waals surface area (Å²) < 4.78 is 0. The number of rotatable bonds is 4. The van der Waals surface area contributed by atoms with Crippen LogP contribution in [-0.2, 0) is 6.42 Å². The van der Waals surface area contributed by atoms with Crippen molar-refractivity contribution < 1.29 is 0 Å². The van der Waals surface area contributed by atoms with Crippen LogP contribution < -0.4 is 0 Å². The molecule has 0 saturated heterocycles. The maximum atomic E-state index is 4.90. The average molecular weight is 316 g/mol. The van der Waals surface area contributed by atoms with E-state index < -0.39 is 0 Å². The molecule has 0 aliphatic rings. The lowest BCUT2D eigenvalue weighted by molar-refractivity contribution is 0.864. The molecule has 1 aromatic heterocycles. The van der Waals surface area contributed by atoms with Gasteiger partial charge < -0.3 is 0 Å². The molecular weight excluding hydrogens is 292 g/mol. The molecule has 0 unspecified atom stereocenters. The Morgan fingerprint density at radius 1 is 0.708 bits per heavy atom. The fourth-order valence-corrected chi connectivity index (χ4v) is 2.87. The molecule has 0 aliphatic heterocycles. The van der Waals surface area contributed by atoms with Crippen molar-refractivity contribution in [3.05, 3.63) is 70.9 Å². The third-order valence-corrected chi connectivity index (χ3v) is 4.37. The lowest BCUT2D eigenvalue weighted by Gasteiger charge is -2.13. The van der Waals surface area contributed by atoms with Gasteiger partial charge in [0.25, 0.3) is 0 Å². The molecule has 0 saturated carbocycles. The largest absolute Gasteiger partial charge is 0.233 e. The van der Waals surface area contributed by atoms with Crippen molar-refractivity contribution in [3.8, 4) is 22.6 Å². The lowest BCUT2D eigenvalue weighted by Crippen LogP contribution is -2.03. The normalized spacial score (nSPS) is 10.8. The molecule has 2 heteroatoms. The number of aromatic nitrogens is 2. The van der Waals surface area contributed by atoms with Crippen molar-refractivity contribution in [2.75, 3.05) is 0 Å². The first-order valence-corrected chi connectivity index (χ1v) is 8.60. The Balaban J connectivity index is 2.16. The Kier molecular flexibility index (Phi) is 4.75. The van der Waals surface area contributed by atoms with Crippen molar-refractivity contribution in [2.45, 2.75) is 40.5 Å². The smallest absolute Gasteiger partial charge is 0.160 e. The monoisotopic (exact) mass is 316 g/mol. The third kappa shape index (κ3) is 3.38. The molecule has 3 aromatic rings. The van der Waals surface area contributed by atoms with E-state index in [9.17, 15) is 0 Å². The molecule has 0 N–H and O–H groups in total. The van der Waals surface area contributed by atoms with Crippen molar-refractivity contribution in [2.24, 2.45) is 0 Å². The fraction of sp³-hybridized carbons (Fsp3) is 0.273. The van der Waals surface area contributed by atoms with Gasteiger partial charge in [-0.1, -0.05) is 73.0 Å². The van der Waals surface area contributed by atoms with Crippen LogP contribution in [0.5, 0.6) is 0 Å². The molecule has 2 aromatic carbocycles. The zero-order valence-electron chi connectivity index (χ0n) is 14.9. The van der Waals surface area contributed by atoms with E-state index in [0.29, 0.717) is 0 Å². The van der Waals surface area contributed by atoms with Gasteiger partial charge in [-0.05, 0) is 32.8 Å². The number of nitrogens with zero attached hydrogens (tertiary/aromatic N) is 2. The molecule has 0 fully saturated rings. The lowest BCUT2D eigenvalue weighted by atomic mass is 10.0. The maximum absolute atomic E-state index is 4.90. The van der Waals surface area contributed by atoms with Crippen LogP contribution in [0.2, 0.25) is 0 Å². The molecule has 2 nitrogen and oxygen atoms in total. The number of hydrogen-bond donors (Lipinski definition) is 0. The second kappa shape index (κ2) is 6.96. The summed E-state index contributed by atoms with van der Waals surface area (Å²) in [5.74, 6) is 0.819. The Hall–Kier alpha value is -2.48. The summed E-state index contributed by atoms with van der Waals surface area (Å²) in [5, 5.41) is 0. The average Bonchev–Trinajstić information content (AvgIpc) is 2.58. The molecule has 1 heterocycles. The topological polar surface area (TPSA) is 25.8 Å². The molecule has 24 heavy (non-hydrogen) atoms. The van der Waals surface area contributed by atoms with Crippen LogP contribution in [0, 0.1) is 20.8 Å². The Labute approximate surface area is 144 Å². The summed E-state index contributed by atoms with van der Waals surface area (Å²) in [4.78, 5) is 9.76. The second-order valence-corrected chi connectivity index (χ2v) is 6.45. The van der Waals surface area contributed by atoms with Crippen LogP contribution in [0.15, 0.2) is 48.5 Å². The van der Waals surface area contributed by atoms with Gasteiger partial charge in [0.2, 0.25) is 0 Å². The third-order valence-electron chi connectivity index (χ3n) is 4.37. The van der Waals surface area contributed by atoms with Gasteiger partial charge in [-0.25, -0.2) is 9.97 Å². The highest BCUT2D eigenvalue weighted by Gasteiger charge is 2.13. The van der Waals surface area contributed by atoms with Gasteiger partial charge in [0.15, 0.2) is 5.82 Å². The predicted molar refractivity (Wildman–Crippen MR) is 101 cm³/mol. The molecule has 3 rings (SSSR count). The van der Waals surface area contributed by atoms with Crippen molar-refractivity contribution in [1.29, 1.82) is 0 Å². The molecule has 0 bridgehead atoms. The van der Waals surface area contributed by atoms with Gasteiger partial charge >= 0.3 is 0 Å². The van der Waals surface area contributed by atoms with Crippen LogP contribution in [0.4, 0.5) is 0 Å². The standard InChI is InChI=1S/C22H24N2/c1-5-6-20-17(4)21(18-11-7-15(2)8-12-18)24-22(23-20)19-13-9-16(3)10-14-19/h7-14H,5-6H2,1-4H3. The van der Waals surface area contributed by atoms with Gasteiger partial charge in [-0.15, -0.1) is 0 Å². The molecule has 0 aliphatic carbocycles. The van der Waals surface area contributed by atoms with Crippen LogP contribution in [0.3, 0.4) is 0 Å². The Bertz CT molecular complexity index is 831. The quantitative estimate of drug-likeness (QED) is 0.618. The molecule has 0 spiro atoms. The summed E-state index contributed by atoms with van der Waals surface area (Å²) in [5.41, 5.74) is 8.13.